The Bertz CT molecular complexity index is 48.8. The summed E-state index contributed by atoms with van der Waals surface area (Å²) in [5.74, 6) is 0. The van der Waals surface area contributed by atoms with Gasteiger partial charge in [-0.3, -0.25) is 4.99 Å². The van der Waals surface area contributed by atoms with Gasteiger partial charge in [0.1, 0.15) is 6.61 Å². The molecule has 0 aliphatic carbocycles. The van der Waals surface area contributed by atoms with Crippen LogP contribution in [0.15, 0.2) is 4.99 Å². The summed E-state index contributed by atoms with van der Waals surface area (Å²) in [6.45, 7) is 1.62. The Morgan fingerprint density at radius 2 is 3.00 bits per heavy atom. The Balaban J connectivity index is 0.000000250. The molecule has 0 radical (unpaired) electrons. The highest BCUT2D eigenvalue weighted by atomic mass is 16.5. The highest BCUT2D eigenvalue weighted by molar-refractivity contribution is 5.47. The summed E-state index contributed by atoms with van der Waals surface area (Å²) in [5, 5.41) is 0. The van der Waals surface area contributed by atoms with Crippen molar-refractivity contribution in [1.29, 1.82) is 0 Å². The summed E-state index contributed by atoms with van der Waals surface area (Å²) in [6, 6.07) is 0. The van der Waals surface area contributed by atoms with E-state index in [-0.39, 0.29) is 1.43 Å². The summed E-state index contributed by atoms with van der Waals surface area (Å²) >= 11 is 0. The van der Waals surface area contributed by atoms with E-state index >= 15 is 0 Å². The van der Waals surface area contributed by atoms with Crippen molar-refractivity contribution in [1.82, 2.24) is 0 Å². The van der Waals surface area contributed by atoms with Crippen molar-refractivity contribution in [2.75, 3.05) is 13.2 Å². The van der Waals surface area contributed by atoms with Crippen LogP contribution in [0.4, 0.5) is 0 Å². The first-order valence-electron chi connectivity index (χ1n) is 1.60. The van der Waals surface area contributed by atoms with Crippen LogP contribution in [0.25, 0.3) is 0 Å². The average Bonchev–Trinajstić information content (AvgIpc) is 1.76. The molecular formula is C3H6NO+. The molecule has 28 valence electrons. The quantitative estimate of drug-likeness (QED) is 0.399. The van der Waals surface area contributed by atoms with Gasteiger partial charge in [0.2, 0.25) is 0 Å². The highest BCUT2D eigenvalue weighted by Crippen LogP contribution is 1.78. The maximum atomic E-state index is 4.65. The number of ether oxygens (including phenoxy) is 1. The van der Waals surface area contributed by atoms with Gasteiger partial charge < -0.3 is 4.74 Å². The molecule has 0 bridgehead atoms. The smallest absolute Gasteiger partial charge is 0.482 e. The molecule has 1 heterocycles. The Morgan fingerprint density at radius 3 is 3.20 bits per heavy atom. The van der Waals surface area contributed by atoms with Gasteiger partial charge >= 0.3 is 1.43 Å². The predicted octanol–water partition coefficient (Wildman–Crippen LogP) is 0.157. The molecule has 1 aliphatic rings. The summed E-state index contributed by atoms with van der Waals surface area (Å²) < 4.78 is 4.65. The fraction of sp³-hybridized carbons (Fsp3) is 0.667. The zero-order valence-electron chi connectivity index (χ0n) is 3.85. The lowest BCUT2D eigenvalue weighted by molar-refractivity contribution is 0.361. The first-order chi connectivity index (χ1) is 2.50. The fourth-order valence-electron chi connectivity index (χ4n) is 0.264. The van der Waals surface area contributed by atoms with Gasteiger partial charge in [0.25, 0.3) is 0 Å². The molecule has 1 rings (SSSR count). The molecule has 0 aromatic rings. The molecule has 1 aliphatic heterocycles. The van der Waals surface area contributed by atoms with Gasteiger partial charge in [-0.2, -0.15) is 0 Å². The van der Waals surface area contributed by atoms with E-state index in [9.17, 15) is 0 Å². The zero-order valence-corrected chi connectivity index (χ0v) is 2.85. The molecule has 0 saturated heterocycles. The van der Waals surface area contributed by atoms with E-state index in [1.165, 1.54) is 6.40 Å². The monoisotopic (exact) mass is 72.0 g/mol. The first kappa shape index (κ1) is 2.69. The molecule has 5 heavy (non-hydrogen) atoms. The topological polar surface area (TPSA) is 21.6 Å². The van der Waals surface area contributed by atoms with Gasteiger partial charge in [-0.25, -0.2) is 0 Å². The minimum Gasteiger partial charge on any atom is -0.482 e. The lowest BCUT2D eigenvalue weighted by Crippen LogP contribution is -1.80. The van der Waals surface area contributed by atoms with Gasteiger partial charge in [-0.15, -0.1) is 0 Å². The van der Waals surface area contributed by atoms with Crippen LogP contribution in [0.2, 0.25) is 0 Å². The standard InChI is InChI=1S/C3H5NO/c1-2-5-3-4-1/h3H,1-2H2/p+1. The molecule has 0 unspecified atom stereocenters. The molecule has 0 amide bonds. The average molecular weight is 72.1 g/mol. The second-order valence-electron chi connectivity index (χ2n) is 0.882. The second-order valence-corrected chi connectivity index (χ2v) is 0.882. The lowest BCUT2D eigenvalue weighted by atomic mass is 10.8. The van der Waals surface area contributed by atoms with Crippen LogP contribution >= 0.6 is 0 Å². The van der Waals surface area contributed by atoms with Gasteiger partial charge in [-0.05, 0) is 0 Å². The van der Waals surface area contributed by atoms with E-state index in [1.54, 1.807) is 0 Å². The van der Waals surface area contributed by atoms with E-state index in [4.69, 9.17) is 0 Å². The summed E-state index contributed by atoms with van der Waals surface area (Å²) in [6.07, 6.45) is 1.49. The third kappa shape index (κ3) is 0.375. The van der Waals surface area contributed by atoms with Crippen LogP contribution in [-0.4, -0.2) is 19.6 Å². The van der Waals surface area contributed by atoms with Gasteiger partial charge in [0, 0.05) is 0 Å². The molecule has 0 spiro atoms. The molecule has 0 fully saturated rings. The van der Waals surface area contributed by atoms with Crippen molar-refractivity contribution in [3.05, 3.63) is 0 Å². The SMILES string of the molecule is C1=NCCO1.[H+]. The maximum absolute atomic E-state index is 4.65. The van der Waals surface area contributed by atoms with Crippen LogP contribution in [0.3, 0.4) is 0 Å². The highest BCUT2D eigenvalue weighted by Gasteiger charge is 1.84. The number of hydrogen-bond acceptors (Lipinski definition) is 2. The molecule has 0 saturated carbocycles. The maximum Gasteiger partial charge on any atom is 1.00 e. The minimum absolute atomic E-state index is 0. The van der Waals surface area contributed by atoms with E-state index in [1.807, 2.05) is 0 Å². The van der Waals surface area contributed by atoms with Crippen molar-refractivity contribution in [3.8, 4) is 0 Å². The van der Waals surface area contributed by atoms with Crippen molar-refractivity contribution in [2.24, 2.45) is 4.99 Å². The van der Waals surface area contributed by atoms with Crippen LogP contribution in [0.1, 0.15) is 1.43 Å². The molecule has 0 aromatic carbocycles. The van der Waals surface area contributed by atoms with Gasteiger partial charge in [0.15, 0.2) is 6.40 Å². The molecule has 0 aromatic heterocycles. The van der Waals surface area contributed by atoms with Crippen molar-refractivity contribution in [3.63, 3.8) is 0 Å². The Morgan fingerprint density at radius 1 is 2.00 bits per heavy atom. The van der Waals surface area contributed by atoms with Crippen LogP contribution in [0.5, 0.6) is 0 Å². The minimum atomic E-state index is 0. The molecule has 0 atom stereocenters. The molecule has 2 heteroatoms. The lowest BCUT2D eigenvalue weighted by Gasteiger charge is -1.76. The van der Waals surface area contributed by atoms with E-state index in [2.05, 4.69) is 9.73 Å². The number of hydrogen-bond donors (Lipinski definition) is 0. The second kappa shape index (κ2) is 1.06. The van der Waals surface area contributed by atoms with E-state index in [0.717, 1.165) is 13.2 Å². The normalized spacial score (nSPS) is 19.2. The van der Waals surface area contributed by atoms with Crippen LogP contribution < -0.4 is 0 Å². The number of nitrogens with zero attached hydrogens (tertiary/aromatic N) is 1. The largest absolute Gasteiger partial charge is 1.00 e. The van der Waals surface area contributed by atoms with E-state index < -0.39 is 0 Å². The Labute approximate surface area is 32.0 Å². The molecular weight excluding hydrogens is 66.0 g/mol. The zero-order chi connectivity index (χ0) is 3.54. The molecule has 2 nitrogen and oxygen atoms in total. The Hall–Kier alpha value is -0.530. The van der Waals surface area contributed by atoms with Crippen molar-refractivity contribution in [2.45, 2.75) is 0 Å². The van der Waals surface area contributed by atoms with Crippen LogP contribution in [0, 0.1) is 0 Å². The number of rotatable bonds is 0. The summed E-state index contributed by atoms with van der Waals surface area (Å²) in [7, 11) is 0. The van der Waals surface area contributed by atoms with E-state index in [0.29, 0.717) is 0 Å². The first-order valence-corrected chi connectivity index (χ1v) is 1.60. The third-order valence-electron chi connectivity index (χ3n) is 0.487. The third-order valence-corrected chi connectivity index (χ3v) is 0.487. The summed E-state index contributed by atoms with van der Waals surface area (Å²) in [4.78, 5) is 3.74. The van der Waals surface area contributed by atoms with Gasteiger partial charge in [-0.1, -0.05) is 0 Å². The predicted molar refractivity (Wildman–Crippen MR) is 20.4 cm³/mol. The number of aliphatic imine (C=N–C) groups is 1. The van der Waals surface area contributed by atoms with Crippen LogP contribution in [-0.2, 0) is 4.74 Å². The van der Waals surface area contributed by atoms with Gasteiger partial charge in [0.05, 0.1) is 6.54 Å². The molecule has 0 N–H and O–H groups in total. The summed E-state index contributed by atoms with van der Waals surface area (Å²) in [5.41, 5.74) is 0. The fourth-order valence-corrected chi connectivity index (χ4v) is 0.264. The Kier molecular flexibility index (Phi) is 0.571. The van der Waals surface area contributed by atoms with Crippen molar-refractivity contribution >= 4 is 6.40 Å². The van der Waals surface area contributed by atoms with Crippen molar-refractivity contribution < 1.29 is 6.16 Å².